The van der Waals surface area contributed by atoms with E-state index in [9.17, 15) is 19.2 Å². The van der Waals surface area contributed by atoms with E-state index in [4.69, 9.17) is 28.4 Å². The fourth-order valence-corrected chi connectivity index (χ4v) is 4.35. The van der Waals surface area contributed by atoms with Crippen LogP contribution < -0.4 is 18.9 Å². The van der Waals surface area contributed by atoms with Crippen LogP contribution in [0.15, 0.2) is 97.1 Å². The average Bonchev–Trinajstić information content (AvgIpc) is 3.11. The highest BCUT2D eigenvalue weighted by molar-refractivity contribution is 5.92. The van der Waals surface area contributed by atoms with Gasteiger partial charge in [0.2, 0.25) is 0 Å². The minimum atomic E-state index is -0.530. The van der Waals surface area contributed by atoms with E-state index in [0.717, 1.165) is 51.4 Å². The molecule has 3 aromatic carbocycles. The summed E-state index contributed by atoms with van der Waals surface area (Å²) in [7, 11) is 0. The first-order valence-corrected chi connectivity index (χ1v) is 16.8. The summed E-state index contributed by atoms with van der Waals surface area (Å²) in [5.74, 6) is 0.121. The maximum absolute atomic E-state index is 12.6. The molecule has 0 saturated carbocycles. The third-order valence-corrected chi connectivity index (χ3v) is 7.20. The van der Waals surface area contributed by atoms with Gasteiger partial charge in [-0.3, -0.25) is 0 Å². The van der Waals surface area contributed by atoms with Crippen LogP contribution in [-0.2, 0) is 19.1 Å². The topological polar surface area (TPSA) is 124 Å². The number of esters is 4. The first kappa shape index (κ1) is 39.1. The van der Waals surface area contributed by atoms with Gasteiger partial charge < -0.3 is 28.4 Å². The molecule has 0 heterocycles. The second kappa shape index (κ2) is 21.6. The molecule has 0 N–H and O–H groups in total. The Hall–Kier alpha value is -5.38. The van der Waals surface area contributed by atoms with Crippen LogP contribution in [0.5, 0.6) is 23.0 Å². The molecular weight excluding hydrogens is 640 g/mol. The largest absolute Gasteiger partial charge is 0.494 e. The van der Waals surface area contributed by atoms with Crippen molar-refractivity contribution in [2.45, 2.75) is 65.2 Å². The zero-order valence-corrected chi connectivity index (χ0v) is 28.9. The second-order valence-electron chi connectivity index (χ2n) is 11.7. The SMILES string of the molecule is C=C(C)C(=O)OCCCCCCOc1ccc(C(=O)Oc2ccc(OC(=O)c3ccc(OCCCCCCOC(=O)C(=C)C)cc3)cc2)cc1. The monoisotopic (exact) mass is 686 g/mol. The number of unbranched alkanes of at least 4 members (excludes halogenated alkanes) is 6. The molecule has 0 aromatic heterocycles. The second-order valence-corrected chi connectivity index (χ2v) is 11.7. The van der Waals surface area contributed by atoms with Crippen molar-refractivity contribution in [3.8, 4) is 23.0 Å². The van der Waals surface area contributed by atoms with Gasteiger partial charge in [0.05, 0.1) is 37.6 Å². The maximum Gasteiger partial charge on any atom is 0.343 e. The highest BCUT2D eigenvalue weighted by Crippen LogP contribution is 2.22. The highest BCUT2D eigenvalue weighted by Gasteiger charge is 2.12. The molecule has 0 atom stereocenters. The standard InChI is InChI=1S/C40H46O10/c1-29(2)37(41)47-27-11-7-5-9-25-45-33-17-13-31(14-18-33)39(43)49-35-21-23-36(24-22-35)50-40(44)32-15-19-34(20-16-32)46-26-10-6-8-12-28-48-38(42)30(3)4/h13-24H,1,3,5-12,25-28H2,2,4H3. The van der Waals surface area contributed by atoms with E-state index >= 15 is 0 Å². The molecule has 0 bridgehead atoms. The predicted molar refractivity (Wildman–Crippen MR) is 189 cm³/mol. The van der Waals surface area contributed by atoms with E-state index in [1.165, 1.54) is 0 Å². The number of ether oxygens (including phenoxy) is 6. The molecule has 0 fully saturated rings. The molecule has 0 amide bonds. The van der Waals surface area contributed by atoms with Crippen molar-refractivity contribution in [2.75, 3.05) is 26.4 Å². The van der Waals surface area contributed by atoms with Gasteiger partial charge in [-0.2, -0.15) is 0 Å². The molecule has 10 heteroatoms. The quantitative estimate of drug-likeness (QED) is 0.0442. The van der Waals surface area contributed by atoms with Crippen molar-refractivity contribution < 1.29 is 47.6 Å². The van der Waals surface area contributed by atoms with E-state index in [1.54, 1.807) is 86.6 Å². The Morgan fingerprint density at radius 1 is 0.440 bits per heavy atom. The van der Waals surface area contributed by atoms with Crippen LogP contribution in [0.1, 0.15) is 85.9 Å². The highest BCUT2D eigenvalue weighted by atomic mass is 16.5. The smallest absolute Gasteiger partial charge is 0.343 e. The summed E-state index contributed by atoms with van der Waals surface area (Å²) in [5.41, 5.74) is 1.53. The predicted octanol–water partition coefficient (Wildman–Crippen LogP) is 8.24. The molecule has 0 aliphatic heterocycles. The number of rotatable bonds is 22. The molecule has 266 valence electrons. The Labute approximate surface area is 294 Å². The van der Waals surface area contributed by atoms with Crippen LogP contribution in [0.4, 0.5) is 0 Å². The van der Waals surface area contributed by atoms with E-state index in [2.05, 4.69) is 13.2 Å². The van der Waals surface area contributed by atoms with E-state index in [0.29, 0.717) is 71.7 Å². The number of hydrogen-bond donors (Lipinski definition) is 0. The van der Waals surface area contributed by atoms with Gasteiger partial charge >= 0.3 is 23.9 Å². The Kier molecular flexibility index (Phi) is 16.8. The molecular formula is C40H46O10. The molecule has 3 rings (SSSR count). The number of benzene rings is 3. The summed E-state index contributed by atoms with van der Waals surface area (Å²) >= 11 is 0. The molecule has 0 aliphatic rings. The van der Waals surface area contributed by atoms with Gasteiger partial charge in [-0.25, -0.2) is 19.2 Å². The molecule has 10 nitrogen and oxygen atoms in total. The number of carbonyl (C=O) groups excluding carboxylic acids is 4. The molecule has 0 radical (unpaired) electrons. The Morgan fingerprint density at radius 2 is 0.740 bits per heavy atom. The lowest BCUT2D eigenvalue weighted by Gasteiger charge is -2.09. The van der Waals surface area contributed by atoms with Crippen molar-refractivity contribution in [1.29, 1.82) is 0 Å². The summed E-state index contributed by atoms with van der Waals surface area (Å²) in [4.78, 5) is 48.0. The van der Waals surface area contributed by atoms with Crippen LogP contribution in [-0.4, -0.2) is 50.3 Å². The summed E-state index contributed by atoms with van der Waals surface area (Å²) in [6.07, 6.45) is 7.02. The summed E-state index contributed by atoms with van der Waals surface area (Å²) < 4.78 is 32.6. The fourth-order valence-electron chi connectivity index (χ4n) is 4.35. The minimum absolute atomic E-state index is 0.303. The number of hydrogen-bond acceptors (Lipinski definition) is 10. The Bertz CT molecular complexity index is 1440. The van der Waals surface area contributed by atoms with Gasteiger partial charge in [-0.1, -0.05) is 13.2 Å². The molecule has 3 aromatic rings. The van der Waals surface area contributed by atoms with Gasteiger partial charge in [-0.05, 0) is 138 Å². The van der Waals surface area contributed by atoms with Crippen molar-refractivity contribution >= 4 is 23.9 Å². The number of carbonyl (C=O) groups is 4. The van der Waals surface area contributed by atoms with Gasteiger partial charge in [0.25, 0.3) is 0 Å². The van der Waals surface area contributed by atoms with Crippen LogP contribution >= 0.6 is 0 Å². The normalized spacial score (nSPS) is 10.4. The first-order valence-electron chi connectivity index (χ1n) is 16.8. The minimum Gasteiger partial charge on any atom is -0.494 e. The molecule has 0 saturated heterocycles. The maximum atomic E-state index is 12.6. The first-order chi connectivity index (χ1) is 24.1. The lowest BCUT2D eigenvalue weighted by molar-refractivity contribution is -0.139. The Balaban J connectivity index is 1.30. The van der Waals surface area contributed by atoms with Gasteiger partial charge in [0.1, 0.15) is 23.0 Å². The fraction of sp³-hybridized carbons (Fsp3) is 0.350. The van der Waals surface area contributed by atoms with Gasteiger partial charge in [0.15, 0.2) is 0 Å². The molecule has 0 unspecified atom stereocenters. The third kappa shape index (κ3) is 14.8. The van der Waals surface area contributed by atoms with Crippen molar-refractivity contribution in [1.82, 2.24) is 0 Å². The van der Waals surface area contributed by atoms with E-state index < -0.39 is 11.9 Å². The van der Waals surface area contributed by atoms with E-state index in [1.807, 2.05) is 0 Å². The van der Waals surface area contributed by atoms with Crippen LogP contribution in [0, 0.1) is 0 Å². The summed E-state index contributed by atoms with van der Waals surface area (Å²) in [5, 5.41) is 0. The molecule has 50 heavy (non-hydrogen) atoms. The summed E-state index contributed by atoms with van der Waals surface area (Å²) in [6.45, 7) is 12.2. The zero-order chi connectivity index (χ0) is 36.1. The lowest BCUT2D eigenvalue weighted by Crippen LogP contribution is -2.10. The third-order valence-electron chi connectivity index (χ3n) is 7.20. The van der Waals surface area contributed by atoms with Crippen molar-refractivity contribution in [3.05, 3.63) is 108 Å². The van der Waals surface area contributed by atoms with Gasteiger partial charge in [-0.15, -0.1) is 0 Å². The van der Waals surface area contributed by atoms with Gasteiger partial charge in [0, 0.05) is 11.1 Å². The van der Waals surface area contributed by atoms with Crippen molar-refractivity contribution in [2.24, 2.45) is 0 Å². The van der Waals surface area contributed by atoms with Crippen LogP contribution in [0.2, 0.25) is 0 Å². The average molecular weight is 687 g/mol. The van der Waals surface area contributed by atoms with Crippen LogP contribution in [0.3, 0.4) is 0 Å². The molecule has 0 aliphatic carbocycles. The van der Waals surface area contributed by atoms with Crippen LogP contribution in [0.25, 0.3) is 0 Å². The van der Waals surface area contributed by atoms with E-state index in [-0.39, 0.29) is 11.9 Å². The Morgan fingerprint density at radius 3 is 1.06 bits per heavy atom. The van der Waals surface area contributed by atoms with Crippen molar-refractivity contribution in [3.63, 3.8) is 0 Å². The summed E-state index contributed by atoms with van der Waals surface area (Å²) in [6, 6.07) is 19.6. The zero-order valence-electron chi connectivity index (χ0n) is 28.9. The molecule has 0 spiro atoms. The lowest BCUT2D eigenvalue weighted by atomic mass is 10.2.